The summed E-state index contributed by atoms with van der Waals surface area (Å²) in [6.45, 7) is 7.00. The van der Waals surface area contributed by atoms with Gasteiger partial charge in [0.1, 0.15) is 0 Å². The van der Waals surface area contributed by atoms with Gasteiger partial charge in [0.2, 0.25) is 6.04 Å². The molecule has 1 amide bonds. The highest BCUT2D eigenvalue weighted by atomic mass is 16.2. The third-order valence-corrected chi connectivity index (χ3v) is 5.26. The second-order valence-electron chi connectivity index (χ2n) is 6.91. The fourth-order valence-corrected chi connectivity index (χ4v) is 3.82. The van der Waals surface area contributed by atoms with Crippen molar-refractivity contribution >= 4 is 33.4 Å². The Morgan fingerprint density at radius 2 is 1.78 bits per heavy atom. The van der Waals surface area contributed by atoms with Crippen LogP contribution in [-0.2, 0) is 11.3 Å². The molecule has 4 aromatic rings. The van der Waals surface area contributed by atoms with Crippen LogP contribution in [0.5, 0.6) is 0 Å². The summed E-state index contributed by atoms with van der Waals surface area (Å²) in [5, 5.41) is 5.47. The molecule has 0 saturated carbocycles. The van der Waals surface area contributed by atoms with Gasteiger partial charge in [-0.2, -0.15) is 4.57 Å². The van der Waals surface area contributed by atoms with Gasteiger partial charge in [-0.3, -0.25) is 4.79 Å². The number of rotatable bonds is 4. The molecule has 1 atom stereocenters. The average Bonchev–Trinajstić information content (AvgIpc) is 3.01. The molecule has 136 valence electrons. The Bertz CT molecular complexity index is 1140. The van der Waals surface area contributed by atoms with Crippen LogP contribution in [0.25, 0.3) is 21.8 Å². The lowest BCUT2D eigenvalue weighted by molar-refractivity contribution is -0.711. The molecule has 0 saturated heterocycles. The number of aryl methyl sites for hydroxylation is 2. The third-order valence-electron chi connectivity index (χ3n) is 5.26. The van der Waals surface area contributed by atoms with Gasteiger partial charge in [0.05, 0.1) is 0 Å². The molecule has 1 N–H and O–H groups in total. The molecule has 2 heterocycles. The molecule has 0 aliphatic heterocycles. The highest BCUT2D eigenvalue weighted by molar-refractivity contribution is 6.09. The van der Waals surface area contributed by atoms with E-state index >= 15 is 0 Å². The minimum Gasteiger partial charge on any atom is -0.341 e. The van der Waals surface area contributed by atoms with Crippen LogP contribution in [0.15, 0.2) is 66.9 Å². The van der Waals surface area contributed by atoms with Gasteiger partial charge in [0, 0.05) is 60.0 Å². The molecule has 4 heteroatoms. The van der Waals surface area contributed by atoms with Gasteiger partial charge in [0.15, 0.2) is 11.9 Å². The van der Waals surface area contributed by atoms with Crippen molar-refractivity contribution in [3.05, 3.63) is 72.6 Å². The zero-order valence-corrected chi connectivity index (χ0v) is 15.9. The van der Waals surface area contributed by atoms with E-state index < -0.39 is 0 Å². The summed E-state index contributed by atoms with van der Waals surface area (Å²) in [7, 11) is 0. The summed E-state index contributed by atoms with van der Waals surface area (Å²) >= 11 is 0. The van der Waals surface area contributed by atoms with Crippen LogP contribution >= 0.6 is 0 Å². The van der Waals surface area contributed by atoms with Gasteiger partial charge in [-0.15, -0.1) is 0 Å². The van der Waals surface area contributed by atoms with Crippen molar-refractivity contribution in [2.75, 3.05) is 5.32 Å². The number of carbonyl (C=O) groups is 1. The molecule has 2 aromatic heterocycles. The molecule has 0 fully saturated rings. The molecule has 0 bridgehead atoms. The third kappa shape index (κ3) is 2.97. The summed E-state index contributed by atoms with van der Waals surface area (Å²) in [6, 6.07) is 20.2. The van der Waals surface area contributed by atoms with E-state index in [2.05, 4.69) is 53.2 Å². The zero-order chi connectivity index (χ0) is 19.0. The number of benzene rings is 2. The van der Waals surface area contributed by atoms with Gasteiger partial charge >= 0.3 is 0 Å². The van der Waals surface area contributed by atoms with E-state index in [-0.39, 0.29) is 11.9 Å². The summed E-state index contributed by atoms with van der Waals surface area (Å²) in [6.07, 6.45) is 1.94. The van der Waals surface area contributed by atoms with Gasteiger partial charge in [-0.25, -0.2) is 0 Å². The van der Waals surface area contributed by atoms with E-state index in [0.29, 0.717) is 0 Å². The fraction of sp³-hybridized carbons (Fsp3) is 0.217. The van der Waals surface area contributed by atoms with Crippen molar-refractivity contribution in [2.45, 2.75) is 33.4 Å². The first kappa shape index (κ1) is 17.3. The molecule has 0 aliphatic rings. The minimum absolute atomic E-state index is 0.0205. The van der Waals surface area contributed by atoms with Crippen molar-refractivity contribution in [1.82, 2.24) is 4.57 Å². The van der Waals surface area contributed by atoms with E-state index in [1.54, 1.807) is 0 Å². The number of carbonyl (C=O) groups excluding carboxylic acids is 1. The van der Waals surface area contributed by atoms with E-state index in [4.69, 9.17) is 0 Å². The van der Waals surface area contributed by atoms with E-state index in [1.807, 2.05) is 48.9 Å². The molecule has 0 aliphatic carbocycles. The van der Waals surface area contributed by atoms with Gasteiger partial charge in [-0.1, -0.05) is 24.3 Å². The minimum atomic E-state index is -0.279. The first-order chi connectivity index (χ1) is 13.1. The summed E-state index contributed by atoms with van der Waals surface area (Å²) < 4.78 is 4.29. The van der Waals surface area contributed by atoms with Crippen LogP contribution in [0, 0.1) is 6.92 Å². The van der Waals surface area contributed by atoms with Crippen LogP contribution in [-0.4, -0.2) is 10.5 Å². The number of amides is 1. The number of hydrogen-bond donors (Lipinski definition) is 1. The maximum atomic E-state index is 12.8. The Hall–Kier alpha value is -3.14. The maximum Gasteiger partial charge on any atom is 0.293 e. The number of anilines is 1. The summed E-state index contributed by atoms with van der Waals surface area (Å²) in [5.74, 6) is -0.0205. The summed E-state index contributed by atoms with van der Waals surface area (Å²) in [5.41, 5.74) is 4.30. The molecule has 4 rings (SSSR count). The Morgan fingerprint density at radius 1 is 1.04 bits per heavy atom. The second-order valence-corrected chi connectivity index (χ2v) is 6.91. The van der Waals surface area contributed by atoms with Crippen LogP contribution < -0.4 is 9.88 Å². The lowest BCUT2D eigenvalue weighted by Crippen LogP contribution is -2.46. The Balaban J connectivity index is 1.70. The van der Waals surface area contributed by atoms with E-state index in [9.17, 15) is 4.79 Å². The highest BCUT2D eigenvalue weighted by Gasteiger charge is 2.23. The molecular weight excluding hydrogens is 334 g/mol. The monoisotopic (exact) mass is 358 g/mol. The van der Waals surface area contributed by atoms with Crippen LogP contribution in [0.1, 0.15) is 25.6 Å². The summed E-state index contributed by atoms with van der Waals surface area (Å²) in [4.78, 5) is 12.8. The van der Waals surface area contributed by atoms with Gasteiger partial charge in [0.25, 0.3) is 5.91 Å². The molecule has 4 nitrogen and oxygen atoms in total. The molecule has 2 aromatic carbocycles. The molecule has 0 unspecified atom stereocenters. The van der Waals surface area contributed by atoms with Crippen LogP contribution in [0.4, 0.5) is 5.69 Å². The van der Waals surface area contributed by atoms with Gasteiger partial charge < -0.3 is 9.88 Å². The number of para-hydroxylation sites is 1. The quantitative estimate of drug-likeness (QED) is 0.532. The second kappa shape index (κ2) is 6.88. The zero-order valence-electron chi connectivity index (χ0n) is 15.9. The largest absolute Gasteiger partial charge is 0.341 e. The maximum absolute atomic E-state index is 12.8. The Kier molecular flexibility index (Phi) is 4.40. The molecular formula is C23H24N3O+. The standard InChI is InChI=1S/C23H23N3O/c1-4-25-21-11-6-5-10-19(21)20-15-18(12-13-22(20)25)24-23(27)17(3)26-14-8-7-9-16(26)2/h5-15,17H,4H2,1-3H3/p+1/t17-/m1/s1. The fourth-order valence-electron chi connectivity index (χ4n) is 3.82. The Labute approximate surface area is 159 Å². The number of aromatic nitrogens is 2. The smallest absolute Gasteiger partial charge is 0.293 e. The SMILES string of the molecule is CCn1c2ccccc2c2cc(NC(=O)[C@@H](C)[n+]3ccccc3C)ccc21. The highest BCUT2D eigenvalue weighted by Crippen LogP contribution is 2.31. The molecule has 0 radical (unpaired) electrons. The van der Waals surface area contributed by atoms with Crippen molar-refractivity contribution in [3.63, 3.8) is 0 Å². The lowest BCUT2D eigenvalue weighted by Gasteiger charge is -2.11. The number of nitrogens with one attached hydrogen (secondary N) is 1. The topological polar surface area (TPSA) is 37.9 Å². The van der Waals surface area contributed by atoms with Crippen molar-refractivity contribution < 1.29 is 9.36 Å². The normalized spacial score (nSPS) is 12.4. The molecule has 0 spiro atoms. The van der Waals surface area contributed by atoms with Crippen molar-refractivity contribution in [1.29, 1.82) is 0 Å². The average molecular weight is 358 g/mol. The number of pyridine rings is 1. The first-order valence-electron chi connectivity index (χ1n) is 9.38. The van der Waals surface area contributed by atoms with Crippen molar-refractivity contribution in [3.8, 4) is 0 Å². The number of nitrogens with zero attached hydrogens (tertiary/aromatic N) is 2. The number of fused-ring (bicyclic) bond motifs is 3. The first-order valence-corrected chi connectivity index (χ1v) is 9.38. The predicted octanol–water partition coefficient (Wildman–Crippen LogP) is 4.61. The van der Waals surface area contributed by atoms with Crippen LogP contribution in [0.3, 0.4) is 0 Å². The van der Waals surface area contributed by atoms with Crippen LogP contribution in [0.2, 0.25) is 0 Å². The molecule has 27 heavy (non-hydrogen) atoms. The van der Waals surface area contributed by atoms with Crippen molar-refractivity contribution in [2.24, 2.45) is 0 Å². The Morgan fingerprint density at radius 3 is 2.56 bits per heavy atom. The van der Waals surface area contributed by atoms with E-state index in [1.165, 1.54) is 21.8 Å². The van der Waals surface area contributed by atoms with Gasteiger partial charge in [-0.05, 0) is 31.2 Å². The predicted molar refractivity (Wildman–Crippen MR) is 110 cm³/mol. The lowest BCUT2D eigenvalue weighted by atomic mass is 10.1. The number of hydrogen-bond acceptors (Lipinski definition) is 1. The van der Waals surface area contributed by atoms with E-state index in [0.717, 1.165) is 17.9 Å².